The van der Waals surface area contributed by atoms with Gasteiger partial charge in [0.2, 0.25) is 5.91 Å². The van der Waals surface area contributed by atoms with E-state index < -0.39 is 0 Å². The lowest BCUT2D eigenvalue weighted by Crippen LogP contribution is -2.36. The molecule has 5 heteroatoms. The van der Waals surface area contributed by atoms with E-state index in [1.165, 1.54) is 0 Å². The van der Waals surface area contributed by atoms with Crippen LogP contribution in [0.1, 0.15) is 44.2 Å². The van der Waals surface area contributed by atoms with E-state index in [4.69, 9.17) is 10.7 Å². The van der Waals surface area contributed by atoms with Crippen molar-refractivity contribution in [1.29, 1.82) is 0 Å². The fraction of sp³-hybridized carbons (Fsp3) is 0.300. The number of nitrogens with zero attached hydrogens (tertiary/aromatic N) is 2. The van der Waals surface area contributed by atoms with Crippen LogP contribution in [0.25, 0.3) is 21.9 Å². The number of amides is 1. The van der Waals surface area contributed by atoms with Crippen LogP contribution in [0.3, 0.4) is 0 Å². The highest BCUT2D eigenvalue weighted by atomic mass is 16.2. The quantitative estimate of drug-likeness (QED) is 0.747. The van der Waals surface area contributed by atoms with Gasteiger partial charge in [-0.1, -0.05) is 38.6 Å². The molecule has 0 radical (unpaired) electrons. The molecule has 4 rings (SSSR count). The third-order valence-corrected chi connectivity index (χ3v) is 5.00. The van der Waals surface area contributed by atoms with E-state index in [9.17, 15) is 4.79 Å². The number of pyridine rings is 1. The fourth-order valence-corrected chi connectivity index (χ4v) is 3.73. The van der Waals surface area contributed by atoms with Crippen LogP contribution in [0.2, 0.25) is 0 Å². The zero-order valence-corrected chi connectivity index (χ0v) is 14.5. The molecule has 1 fully saturated rings. The standard InChI is InChI=1S/C20H22N4O/c1-11(2)14-10-15-13-6-4-5-7-16(13)24(19(15)23-18(14)21)17-9-8-12(3)22-20(17)25/h4-7,10-11,17H,3,8-9H2,1-2H3,(H2,21,23)(H,22,25). The highest BCUT2D eigenvalue weighted by Crippen LogP contribution is 2.36. The molecule has 5 nitrogen and oxygen atoms in total. The number of allylic oxidation sites excluding steroid dienone is 1. The second-order valence-corrected chi connectivity index (χ2v) is 7.02. The molecular weight excluding hydrogens is 312 g/mol. The first-order chi connectivity index (χ1) is 12.0. The average Bonchev–Trinajstić information content (AvgIpc) is 2.87. The van der Waals surface area contributed by atoms with Crippen molar-refractivity contribution in [3.63, 3.8) is 0 Å². The van der Waals surface area contributed by atoms with Crippen LogP contribution in [0.5, 0.6) is 0 Å². The Morgan fingerprint density at radius 3 is 2.80 bits per heavy atom. The van der Waals surface area contributed by atoms with Gasteiger partial charge in [-0.2, -0.15) is 0 Å². The summed E-state index contributed by atoms with van der Waals surface area (Å²) in [6.07, 6.45) is 1.48. The average molecular weight is 334 g/mol. The van der Waals surface area contributed by atoms with Gasteiger partial charge in [0.25, 0.3) is 0 Å². The molecule has 1 aromatic carbocycles. The molecule has 25 heavy (non-hydrogen) atoms. The van der Waals surface area contributed by atoms with Crippen molar-refractivity contribution in [3.8, 4) is 0 Å². The summed E-state index contributed by atoms with van der Waals surface area (Å²) in [5, 5.41) is 5.03. The van der Waals surface area contributed by atoms with E-state index in [0.29, 0.717) is 18.2 Å². The van der Waals surface area contributed by atoms with E-state index in [0.717, 1.165) is 39.6 Å². The summed E-state index contributed by atoms with van der Waals surface area (Å²) in [6.45, 7) is 8.09. The van der Waals surface area contributed by atoms with Crippen LogP contribution in [-0.4, -0.2) is 15.5 Å². The lowest BCUT2D eigenvalue weighted by molar-refractivity contribution is -0.124. The number of aromatic nitrogens is 2. The molecule has 1 aliphatic rings. The number of carbonyl (C=O) groups excluding carboxylic acids is 1. The molecule has 0 spiro atoms. The number of hydrogen-bond donors (Lipinski definition) is 2. The highest BCUT2D eigenvalue weighted by Gasteiger charge is 2.29. The molecule has 0 bridgehead atoms. The van der Waals surface area contributed by atoms with Gasteiger partial charge in [0.05, 0.1) is 5.52 Å². The molecule has 3 N–H and O–H groups in total. The van der Waals surface area contributed by atoms with Crippen LogP contribution in [0.15, 0.2) is 42.6 Å². The topological polar surface area (TPSA) is 72.9 Å². The maximum Gasteiger partial charge on any atom is 0.247 e. The van der Waals surface area contributed by atoms with Gasteiger partial charge >= 0.3 is 0 Å². The molecule has 3 aromatic rings. The van der Waals surface area contributed by atoms with Crippen LogP contribution >= 0.6 is 0 Å². The SMILES string of the molecule is C=C1CCC(n2c3ccccc3c3cc(C(C)C)c(N)nc32)C(=O)N1. The second kappa shape index (κ2) is 5.62. The molecule has 0 saturated carbocycles. The molecule has 1 amide bonds. The minimum absolute atomic E-state index is 0.0350. The monoisotopic (exact) mass is 334 g/mol. The van der Waals surface area contributed by atoms with Gasteiger partial charge in [0.15, 0.2) is 0 Å². The van der Waals surface area contributed by atoms with Gasteiger partial charge in [-0.15, -0.1) is 0 Å². The van der Waals surface area contributed by atoms with E-state index in [2.05, 4.69) is 37.9 Å². The Kier molecular flexibility index (Phi) is 3.53. The third-order valence-electron chi connectivity index (χ3n) is 5.00. The Hall–Kier alpha value is -2.82. The van der Waals surface area contributed by atoms with Crippen molar-refractivity contribution in [2.24, 2.45) is 0 Å². The molecule has 3 heterocycles. The molecule has 1 unspecified atom stereocenters. The molecule has 1 atom stereocenters. The predicted molar refractivity (Wildman–Crippen MR) is 101 cm³/mol. The summed E-state index contributed by atoms with van der Waals surface area (Å²) in [6, 6.07) is 9.95. The maximum absolute atomic E-state index is 12.6. The number of nitrogens with one attached hydrogen (secondary N) is 1. The van der Waals surface area contributed by atoms with Crippen LogP contribution in [0.4, 0.5) is 5.82 Å². The zero-order chi connectivity index (χ0) is 17.7. The molecular formula is C20H22N4O. The van der Waals surface area contributed by atoms with Crippen molar-refractivity contribution in [2.75, 3.05) is 5.73 Å². The minimum Gasteiger partial charge on any atom is -0.383 e. The molecule has 1 aliphatic heterocycles. The Labute approximate surface area is 146 Å². The molecule has 0 aliphatic carbocycles. The van der Waals surface area contributed by atoms with E-state index in [1.54, 1.807) is 0 Å². The third kappa shape index (κ3) is 2.38. The number of carbonyl (C=O) groups is 1. The van der Waals surface area contributed by atoms with Gasteiger partial charge in [0, 0.05) is 16.5 Å². The number of nitrogens with two attached hydrogens (primary N) is 1. The first-order valence-electron chi connectivity index (χ1n) is 8.65. The van der Waals surface area contributed by atoms with Gasteiger partial charge in [-0.3, -0.25) is 4.79 Å². The smallest absolute Gasteiger partial charge is 0.247 e. The van der Waals surface area contributed by atoms with Crippen LogP contribution in [-0.2, 0) is 4.79 Å². The normalized spacial score (nSPS) is 18.3. The Morgan fingerprint density at radius 2 is 2.08 bits per heavy atom. The highest BCUT2D eigenvalue weighted by molar-refractivity contribution is 6.08. The number of rotatable bonds is 2. The van der Waals surface area contributed by atoms with Crippen molar-refractivity contribution in [1.82, 2.24) is 14.9 Å². The number of para-hydroxylation sites is 1. The first kappa shape index (κ1) is 15.7. The lowest BCUT2D eigenvalue weighted by Gasteiger charge is -2.26. The molecule has 2 aromatic heterocycles. The van der Waals surface area contributed by atoms with E-state index in [1.807, 2.05) is 22.8 Å². The minimum atomic E-state index is -0.301. The van der Waals surface area contributed by atoms with Gasteiger partial charge in [-0.25, -0.2) is 4.98 Å². The van der Waals surface area contributed by atoms with Gasteiger partial charge in [0.1, 0.15) is 17.5 Å². The maximum atomic E-state index is 12.6. The van der Waals surface area contributed by atoms with Crippen molar-refractivity contribution >= 4 is 33.7 Å². The molecule has 128 valence electrons. The Bertz CT molecular complexity index is 1020. The largest absolute Gasteiger partial charge is 0.383 e. The van der Waals surface area contributed by atoms with Gasteiger partial charge in [-0.05, 0) is 36.5 Å². The summed E-state index contributed by atoms with van der Waals surface area (Å²) in [5.41, 5.74) is 9.82. The van der Waals surface area contributed by atoms with E-state index in [-0.39, 0.29) is 11.9 Å². The Morgan fingerprint density at radius 1 is 1.32 bits per heavy atom. The van der Waals surface area contributed by atoms with E-state index >= 15 is 0 Å². The summed E-state index contributed by atoms with van der Waals surface area (Å²) < 4.78 is 2.03. The van der Waals surface area contributed by atoms with Crippen molar-refractivity contribution in [3.05, 3.63) is 48.2 Å². The second-order valence-electron chi connectivity index (χ2n) is 7.02. The summed E-state index contributed by atoms with van der Waals surface area (Å²) >= 11 is 0. The fourth-order valence-electron chi connectivity index (χ4n) is 3.73. The Balaban J connectivity index is 2.04. The zero-order valence-electron chi connectivity index (χ0n) is 14.5. The van der Waals surface area contributed by atoms with Crippen LogP contribution in [0, 0.1) is 0 Å². The lowest BCUT2D eigenvalue weighted by atomic mass is 10.0. The number of hydrogen-bond acceptors (Lipinski definition) is 3. The summed E-state index contributed by atoms with van der Waals surface area (Å²) in [4.78, 5) is 17.3. The predicted octanol–water partition coefficient (Wildman–Crippen LogP) is 3.86. The number of benzene rings is 1. The first-order valence-corrected chi connectivity index (χ1v) is 8.65. The number of fused-ring (bicyclic) bond motifs is 3. The summed E-state index contributed by atoms with van der Waals surface area (Å²) in [7, 11) is 0. The van der Waals surface area contributed by atoms with Crippen molar-refractivity contribution < 1.29 is 4.79 Å². The van der Waals surface area contributed by atoms with Crippen LogP contribution < -0.4 is 11.1 Å². The molecule has 1 saturated heterocycles. The number of nitrogen functional groups attached to an aromatic ring is 1. The van der Waals surface area contributed by atoms with Crippen molar-refractivity contribution in [2.45, 2.75) is 38.6 Å². The number of piperidine rings is 1. The summed E-state index contributed by atoms with van der Waals surface area (Å²) in [5.74, 6) is 0.791. The van der Waals surface area contributed by atoms with Gasteiger partial charge < -0.3 is 15.6 Å². The number of anilines is 1.